The molecule has 88 valence electrons. The zero-order valence-corrected chi connectivity index (χ0v) is 10.0. The fourth-order valence-electron chi connectivity index (χ4n) is 1.51. The Morgan fingerprint density at radius 3 is 2.73 bits per heavy atom. The highest BCUT2D eigenvalue weighted by Crippen LogP contribution is 2.09. The molecular formula is C12H24N2O. The van der Waals surface area contributed by atoms with Crippen LogP contribution >= 0.6 is 0 Å². The van der Waals surface area contributed by atoms with Crippen molar-refractivity contribution in [1.29, 1.82) is 0 Å². The van der Waals surface area contributed by atoms with Crippen LogP contribution in [0.4, 0.5) is 0 Å². The van der Waals surface area contributed by atoms with Crippen molar-refractivity contribution in [2.45, 2.75) is 32.6 Å². The molecule has 15 heavy (non-hydrogen) atoms. The third-order valence-corrected chi connectivity index (χ3v) is 2.54. The summed E-state index contributed by atoms with van der Waals surface area (Å²) >= 11 is 0. The first-order chi connectivity index (χ1) is 7.13. The van der Waals surface area contributed by atoms with Gasteiger partial charge in [-0.1, -0.05) is 13.0 Å². The lowest BCUT2D eigenvalue weighted by atomic mass is 10.0. The van der Waals surface area contributed by atoms with E-state index >= 15 is 0 Å². The van der Waals surface area contributed by atoms with Crippen LogP contribution in [0.3, 0.4) is 0 Å². The highest BCUT2D eigenvalue weighted by atomic mass is 16.2. The van der Waals surface area contributed by atoms with E-state index in [1.165, 1.54) is 0 Å². The summed E-state index contributed by atoms with van der Waals surface area (Å²) in [6.45, 7) is 7.12. The molecule has 0 saturated carbocycles. The molecule has 0 aromatic heterocycles. The van der Waals surface area contributed by atoms with Gasteiger partial charge in [0, 0.05) is 19.5 Å². The number of rotatable bonds is 8. The minimum Gasteiger partial charge on any atom is -0.346 e. The zero-order chi connectivity index (χ0) is 11.7. The van der Waals surface area contributed by atoms with E-state index in [9.17, 15) is 4.79 Å². The molecule has 0 aliphatic rings. The summed E-state index contributed by atoms with van der Waals surface area (Å²) in [5.74, 6) is 0.329. The average Bonchev–Trinajstić information content (AvgIpc) is 2.24. The topological polar surface area (TPSA) is 46.3 Å². The summed E-state index contributed by atoms with van der Waals surface area (Å²) in [5, 5.41) is 0. The van der Waals surface area contributed by atoms with Crippen molar-refractivity contribution in [2.24, 2.45) is 11.7 Å². The monoisotopic (exact) mass is 212 g/mol. The summed E-state index contributed by atoms with van der Waals surface area (Å²) in [6, 6.07) is 0. The lowest BCUT2D eigenvalue weighted by molar-refractivity contribution is -0.133. The van der Waals surface area contributed by atoms with Gasteiger partial charge in [-0.05, 0) is 32.2 Å². The maximum Gasteiger partial charge on any atom is 0.225 e. The fourth-order valence-corrected chi connectivity index (χ4v) is 1.51. The zero-order valence-electron chi connectivity index (χ0n) is 10.0. The molecule has 0 aliphatic heterocycles. The van der Waals surface area contributed by atoms with E-state index < -0.39 is 0 Å². The molecule has 0 saturated heterocycles. The summed E-state index contributed by atoms with van der Waals surface area (Å²) in [6.07, 6.45) is 5.66. The molecule has 2 N–H and O–H groups in total. The molecule has 0 aliphatic carbocycles. The molecule has 1 atom stereocenters. The fraction of sp³-hybridized carbons (Fsp3) is 0.750. The quantitative estimate of drug-likeness (QED) is 0.492. The van der Waals surface area contributed by atoms with Crippen LogP contribution in [0.25, 0.3) is 0 Å². The Hall–Kier alpha value is -0.830. The standard InChI is InChI=1S/C12H24N2O/c1-4-5-6-10-14(3)12(15)11(2)8-7-9-13/h4,11H,1,5-10,13H2,2-3H3. The molecule has 3 nitrogen and oxygen atoms in total. The first-order valence-corrected chi connectivity index (χ1v) is 5.69. The van der Waals surface area contributed by atoms with Gasteiger partial charge in [0.2, 0.25) is 5.91 Å². The van der Waals surface area contributed by atoms with Crippen LogP contribution < -0.4 is 5.73 Å². The second kappa shape index (κ2) is 8.48. The normalized spacial score (nSPS) is 12.2. The Balaban J connectivity index is 3.79. The Morgan fingerprint density at radius 1 is 1.53 bits per heavy atom. The van der Waals surface area contributed by atoms with Crippen molar-refractivity contribution in [3.8, 4) is 0 Å². The van der Waals surface area contributed by atoms with Gasteiger partial charge in [-0.3, -0.25) is 4.79 Å². The summed E-state index contributed by atoms with van der Waals surface area (Å²) in [4.78, 5) is 13.6. The molecule has 0 aromatic rings. The number of hydrogen-bond acceptors (Lipinski definition) is 2. The number of nitrogens with two attached hydrogens (primary N) is 1. The number of amides is 1. The van der Waals surface area contributed by atoms with Crippen molar-refractivity contribution >= 4 is 5.91 Å². The lowest BCUT2D eigenvalue weighted by Gasteiger charge is -2.21. The predicted molar refractivity (Wildman–Crippen MR) is 64.5 cm³/mol. The number of allylic oxidation sites excluding steroid dienone is 1. The van der Waals surface area contributed by atoms with E-state index in [2.05, 4.69) is 6.58 Å². The Labute approximate surface area is 93.3 Å². The van der Waals surface area contributed by atoms with Crippen LogP contribution in [0.5, 0.6) is 0 Å². The largest absolute Gasteiger partial charge is 0.346 e. The van der Waals surface area contributed by atoms with E-state index in [-0.39, 0.29) is 11.8 Å². The van der Waals surface area contributed by atoms with Crippen LogP contribution in [0.15, 0.2) is 12.7 Å². The number of carbonyl (C=O) groups excluding carboxylic acids is 1. The van der Waals surface area contributed by atoms with Crippen molar-refractivity contribution < 1.29 is 4.79 Å². The van der Waals surface area contributed by atoms with Crippen LogP contribution in [-0.4, -0.2) is 30.9 Å². The van der Waals surface area contributed by atoms with Crippen molar-refractivity contribution in [2.75, 3.05) is 20.1 Å². The van der Waals surface area contributed by atoms with Gasteiger partial charge < -0.3 is 10.6 Å². The molecule has 0 rings (SSSR count). The molecule has 1 unspecified atom stereocenters. The maximum atomic E-state index is 11.8. The van der Waals surface area contributed by atoms with Gasteiger partial charge in [-0.25, -0.2) is 0 Å². The predicted octanol–water partition coefficient (Wildman–Crippen LogP) is 1.79. The van der Waals surface area contributed by atoms with Crippen molar-refractivity contribution in [1.82, 2.24) is 4.90 Å². The molecule has 0 radical (unpaired) electrons. The molecule has 1 amide bonds. The van der Waals surface area contributed by atoms with Gasteiger partial charge in [0.15, 0.2) is 0 Å². The number of unbranched alkanes of at least 4 members (excludes halogenated alkanes) is 1. The van der Waals surface area contributed by atoms with Crippen LogP contribution in [0, 0.1) is 5.92 Å². The minimum absolute atomic E-state index is 0.0993. The first kappa shape index (κ1) is 14.2. The Morgan fingerprint density at radius 2 is 2.20 bits per heavy atom. The van der Waals surface area contributed by atoms with Gasteiger partial charge >= 0.3 is 0 Å². The number of carbonyl (C=O) groups is 1. The molecule has 0 spiro atoms. The molecule has 0 fully saturated rings. The van der Waals surface area contributed by atoms with Gasteiger partial charge in [0.25, 0.3) is 0 Å². The first-order valence-electron chi connectivity index (χ1n) is 5.69. The summed E-state index contributed by atoms with van der Waals surface area (Å²) in [5.41, 5.74) is 5.42. The van der Waals surface area contributed by atoms with Gasteiger partial charge in [0.1, 0.15) is 0 Å². The maximum absolute atomic E-state index is 11.8. The number of hydrogen-bond donors (Lipinski definition) is 1. The third kappa shape index (κ3) is 6.28. The lowest BCUT2D eigenvalue weighted by Crippen LogP contribution is -2.32. The summed E-state index contributed by atoms with van der Waals surface area (Å²) in [7, 11) is 1.87. The summed E-state index contributed by atoms with van der Waals surface area (Å²) < 4.78 is 0. The van der Waals surface area contributed by atoms with Crippen LogP contribution in [-0.2, 0) is 4.79 Å². The minimum atomic E-state index is 0.0993. The van der Waals surface area contributed by atoms with Crippen LogP contribution in [0.2, 0.25) is 0 Å². The second-order valence-corrected chi connectivity index (χ2v) is 4.02. The number of nitrogens with zero attached hydrogens (tertiary/aromatic N) is 1. The van der Waals surface area contributed by atoms with Crippen molar-refractivity contribution in [3.63, 3.8) is 0 Å². The molecule has 3 heteroatoms. The molecule has 0 aromatic carbocycles. The van der Waals surface area contributed by atoms with Gasteiger partial charge in [-0.15, -0.1) is 6.58 Å². The Kier molecular flexibility index (Phi) is 8.01. The molecule has 0 heterocycles. The molecule has 0 bridgehead atoms. The van der Waals surface area contributed by atoms with Crippen LogP contribution in [0.1, 0.15) is 32.6 Å². The second-order valence-electron chi connectivity index (χ2n) is 4.02. The third-order valence-electron chi connectivity index (χ3n) is 2.54. The van der Waals surface area contributed by atoms with Gasteiger partial charge in [0.05, 0.1) is 0 Å². The smallest absolute Gasteiger partial charge is 0.225 e. The van der Waals surface area contributed by atoms with E-state index in [1.807, 2.05) is 24.9 Å². The highest BCUT2D eigenvalue weighted by Gasteiger charge is 2.15. The van der Waals surface area contributed by atoms with E-state index in [1.54, 1.807) is 0 Å². The van der Waals surface area contributed by atoms with E-state index in [0.717, 1.165) is 32.2 Å². The molecular weight excluding hydrogens is 188 g/mol. The Bertz CT molecular complexity index is 192. The van der Waals surface area contributed by atoms with Gasteiger partial charge in [-0.2, -0.15) is 0 Å². The van der Waals surface area contributed by atoms with E-state index in [0.29, 0.717) is 6.54 Å². The highest BCUT2D eigenvalue weighted by molar-refractivity contribution is 5.78. The average molecular weight is 212 g/mol. The SMILES string of the molecule is C=CCCCN(C)C(=O)C(C)CCCN. The van der Waals surface area contributed by atoms with E-state index in [4.69, 9.17) is 5.73 Å². The van der Waals surface area contributed by atoms with Crippen molar-refractivity contribution in [3.05, 3.63) is 12.7 Å².